The van der Waals surface area contributed by atoms with Crippen LogP contribution in [0.25, 0.3) is 0 Å². The Bertz CT molecular complexity index is 86.7. The van der Waals surface area contributed by atoms with Gasteiger partial charge in [-0.25, -0.2) is 0 Å². The number of ether oxygens (including phenoxy) is 1. The molecule has 1 heteroatoms. The van der Waals surface area contributed by atoms with Gasteiger partial charge in [-0.05, 0) is 18.8 Å². The lowest BCUT2D eigenvalue weighted by atomic mass is 10.1. The summed E-state index contributed by atoms with van der Waals surface area (Å²) >= 11 is 0. The molecule has 0 aliphatic heterocycles. The molecule has 1 fully saturated rings. The highest BCUT2D eigenvalue weighted by Crippen LogP contribution is 2.34. The Kier molecular flexibility index (Phi) is 3.20. The molecule has 0 saturated heterocycles. The van der Waals surface area contributed by atoms with E-state index in [1.807, 2.05) is 7.11 Å². The van der Waals surface area contributed by atoms with Gasteiger partial charge in [0.1, 0.15) is 0 Å². The zero-order valence-electron chi connectivity index (χ0n) is 7.10. The molecule has 0 N–H and O–H groups in total. The zero-order chi connectivity index (χ0) is 7.40. The first-order valence-electron chi connectivity index (χ1n) is 4.39. The predicted molar refractivity (Wildman–Crippen MR) is 43.0 cm³/mol. The molecular weight excluding hydrogens is 124 g/mol. The van der Waals surface area contributed by atoms with E-state index in [2.05, 4.69) is 6.92 Å². The lowest BCUT2D eigenvalue weighted by Crippen LogP contribution is -2.10. The molecule has 1 atom stereocenters. The van der Waals surface area contributed by atoms with Crippen LogP contribution in [-0.2, 0) is 4.74 Å². The standard InChI is InChI=1S/C9H18O/c1-3-4-9(10-2)7-8-5-6-8/h8-9H,3-7H2,1-2H3. The molecule has 0 aromatic heterocycles. The van der Waals surface area contributed by atoms with E-state index in [4.69, 9.17) is 4.74 Å². The van der Waals surface area contributed by atoms with Crippen molar-refractivity contribution in [2.24, 2.45) is 5.92 Å². The van der Waals surface area contributed by atoms with Crippen LogP contribution in [0.1, 0.15) is 39.0 Å². The number of methoxy groups -OCH3 is 1. The van der Waals surface area contributed by atoms with E-state index in [1.54, 1.807) is 0 Å². The van der Waals surface area contributed by atoms with Crippen LogP contribution in [0.3, 0.4) is 0 Å². The average Bonchev–Trinajstić information content (AvgIpc) is 2.71. The van der Waals surface area contributed by atoms with E-state index in [0.717, 1.165) is 5.92 Å². The quantitative estimate of drug-likeness (QED) is 0.573. The minimum atomic E-state index is 0.553. The van der Waals surface area contributed by atoms with Crippen molar-refractivity contribution in [3.8, 4) is 0 Å². The first-order valence-corrected chi connectivity index (χ1v) is 4.39. The van der Waals surface area contributed by atoms with Crippen molar-refractivity contribution in [1.29, 1.82) is 0 Å². The van der Waals surface area contributed by atoms with Crippen LogP contribution in [0.4, 0.5) is 0 Å². The largest absolute Gasteiger partial charge is 0.381 e. The van der Waals surface area contributed by atoms with Crippen molar-refractivity contribution < 1.29 is 4.74 Å². The first kappa shape index (κ1) is 8.06. The summed E-state index contributed by atoms with van der Waals surface area (Å²) in [6.45, 7) is 2.22. The molecule has 1 saturated carbocycles. The van der Waals surface area contributed by atoms with Crippen LogP contribution in [-0.4, -0.2) is 13.2 Å². The fraction of sp³-hybridized carbons (Fsp3) is 1.00. The van der Waals surface area contributed by atoms with E-state index in [0.29, 0.717) is 6.10 Å². The van der Waals surface area contributed by atoms with Crippen LogP contribution in [0.15, 0.2) is 0 Å². The Balaban J connectivity index is 2.05. The summed E-state index contributed by atoms with van der Waals surface area (Å²) < 4.78 is 5.34. The van der Waals surface area contributed by atoms with Gasteiger partial charge in [-0.2, -0.15) is 0 Å². The van der Waals surface area contributed by atoms with Crippen LogP contribution in [0.5, 0.6) is 0 Å². The van der Waals surface area contributed by atoms with E-state index < -0.39 is 0 Å². The Hall–Kier alpha value is -0.0400. The lowest BCUT2D eigenvalue weighted by Gasteiger charge is -2.12. The Labute approximate surface area is 63.8 Å². The van der Waals surface area contributed by atoms with Gasteiger partial charge in [0.15, 0.2) is 0 Å². The lowest BCUT2D eigenvalue weighted by molar-refractivity contribution is 0.0826. The summed E-state index contributed by atoms with van der Waals surface area (Å²) in [5.74, 6) is 1.01. The van der Waals surface area contributed by atoms with Gasteiger partial charge in [-0.15, -0.1) is 0 Å². The van der Waals surface area contributed by atoms with E-state index in [-0.39, 0.29) is 0 Å². The smallest absolute Gasteiger partial charge is 0.0573 e. The highest BCUT2D eigenvalue weighted by atomic mass is 16.5. The molecular formula is C9H18O. The Morgan fingerprint density at radius 2 is 2.20 bits per heavy atom. The fourth-order valence-electron chi connectivity index (χ4n) is 1.38. The molecule has 1 aliphatic carbocycles. The Morgan fingerprint density at radius 3 is 2.60 bits per heavy atom. The van der Waals surface area contributed by atoms with Crippen LogP contribution < -0.4 is 0 Å². The summed E-state index contributed by atoms with van der Waals surface area (Å²) in [6.07, 6.45) is 7.26. The summed E-state index contributed by atoms with van der Waals surface area (Å²) in [5.41, 5.74) is 0. The monoisotopic (exact) mass is 142 g/mol. The van der Waals surface area contributed by atoms with Gasteiger partial charge in [0.25, 0.3) is 0 Å². The maximum atomic E-state index is 5.34. The summed E-state index contributed by atoms with van der Waals surface area (Å²) in [7, 11) is 1.84. The van der Waals surface area contributed by atoms with E-state index in [9.17, 15) is 0 Å². The van der Waals surface area contributed by atoms with Crippen LogP contribution in [0, 0.1) is 5.92 Å². The van der Waals surface area contributed by atoms with Crippen molar-refractivity contribution in [1.82, 2.24) is 0 Å². The summed E-state index contributed by atoms with van der Waals surface area (Å²) in [4.78, 5) is 0. The van der Waals surface area contributed by atoms with Crippen molar-refractivity contribution in [2.45, 2.75) is 45.1 Å². The molecule has 60 valence electrons. The Morgan fingerprint density at radius 1 is 1.50 bits per heavy atom. The third-order valence-electron chi connectivity index (χ3n) is 2.24. The van der Waals surface area contributed by atoms with Gasteiger partial charge < -0.3 is 4.74 Å². The third-order valence-corrected chi connectivity index (χ3v) is 2.24. The minimum absolute atomic E-state index is 0.553. The number of rotatable bonds is 5. The molecule has 0 aromatic carbocycles. The zero-order valence-corrected chi connectivity index (χ0v) is 7.10. The highest BCUT2D eigenvalue weighted by molar-refractivity contribution is 4.76. The molecule has 0 bridgehead atoms. The van der Waals surface area contributed by atoms with Gasteiger partial charge in [0.05, 0.1) is 6.10 Å². The molecule has 0 aromatic rings. The van der Waals surface area contributed by atoms with Crippen LogP contribution >= 0.6 is 0 Å². The molecule has 1 nitrogen and oxygen atoms in total. The molecule has 1 aliphatic rings. The van der Waals surface area contributed by atoms with Crippen molar-refractivity contribution >= 4 is 0 Å². The minimum Gasteiger partial charge on any atom is -0.381 e. The van der Waals surface area contributed by atoms with E-state index in [1.165, 1.54) is 32.1 Å². The number of hydrogen-bond donors (Lipinski definition) is 0. The van der Waals surface area contributed by atoms with Gasteiger partial charge >= 0.3 is 0 Å². The second-order valence-corrected chi connectivity index (χ2v) is 3.33. The molecule has 0 spiro atoms. The second kappa shape index (κ2) is 3.97. The van der Waals surface area contributed by atoms with Gasteiger partial charge in [-0.1, -0.05) is 26.2 Å². The maximum absolute atomic E-state index is 5.34. The van der Waals surface area contributed by atoms with Crippen molar-refractivity contribution in [3.63, 3.8) is 0 Å². The molecule has 0 heterocycles. The highest BCUT2D eigenvalue weighted by Gasteiger charge is 2.24. The molecule has 1 rings (SSSR count). The molecule has 0 amide bonds. The second-order valence-electron chi connectivity index (χ2n) is 3.33. The SMILES string of the molecule is CCCC(CC1CC1)OC. The molecule has 1 unspecified atom stereocenters. The topological polar surface area (TPSA) is 9.23 Å². The van der Waals surface area contributed by atoms with Gasteiger partial charge in [0.2, 0.25) is 0 Å². The third kappa shape index (κ3) is 2.70. The summed E-state index contributed by atoms with van der Waals surface area (Å²) in [6, 6.07) is 0. The van der Waals surface area contributed by atoms with Crippen LogP contribution in [0.2, 0.25) is 0 Å². The van der Waals surface area contributed by atoms with E-state index >= 15 is 0 Å². The number of hydrogen-bond acceptors (Lipinski definition) is 1. The first-order chi connectivity index (χ1) is 4.86. The van der Waals surface area contributed by atoms with Crippen molar-refractivity contribution in [2.75, 3.05) is 7.11 Å². The normalized spacial score (nSPS) is 21.0. The van der Waals surface area contributed by atoms with Crippen molar-refractivity contribution in [3.05, 3.63) is 0 Å². The predicted octanol–water partition coefficient (Wildman–Crippen LogP) is 2.60. The fourth-order valence-corrected chi connectivity index (χ4v) is 1.38. The van der Waals surface area contributed by atoms with Gasteiger partial charge in [-0.3, -0.25) is 0 Å². The van der Waals surface area contributed by atoms with Gasteiger partial charge in [0, 0.05) is 7.11 Å². The maximum Gasteiger partial charge on any atom is 0.0573 e. The summed E-state index contributed by atoms with van der Waals surface area (Å²) in [5, 5.41) is 0. The molecule has 0 radical (unpaired) electrons. The molecule has 10 heavy (non-hydrogen) atoms. The average molecular weight is 142 g/mol.